The maximum atomic E-state index is 11.4. The molecule has 0 radical (unpaired) electrons. The van der Waals surface area contributed by atoms with Crippen LogP contribution in [0.1, 0.15) is 33.6 Å². The fourth-order valence-corrected chi connectivity index (χ4v) is 1.26. The van der Waals surface area contributed by atoms with Gasteiger partial charge in [-0.2, -0.15) is 0 Å². The Morgan fingerprint density at radius 1 is 1.40 bits per heavy atom. The zero-order valence-corrected chi connectivity index (χ0v) is 9.89. The van der Waals surface area contributed by atoms with Crippen LogP contribution in [0.25, 0.3) is 0 Å². The molecule has 0 saturated heterocycles. The lowest BCUT2D eigenvalue weighted by atomic mass is 10.1. The molecule has 0 aromatic rings. The van der Waals surface area contributed by atoms with Gasteiger partial charge in [0.05, 0.1) is 13.2 Å². The van der Waals surface area contributed by atoms with Gasteiger partial charge in [0.25, 0.3) is 0 Å². The van der Waals surface area contributed by atoms with Crippen molar-refractivity contribution in [2.75, 3.05) is 19.7 Å². The van der Waals surface area contributed by atoms with Gasteiger partial charge in [-0.15, -0.1) is 0 Å². The third-order valence-corrected chi connectivity index (χ3v) is 2.73. The van der Waals surface area contributed by atoms with Crippen LogP contribution in [-0.4, -0.2) is 36.2 Å². The standard InChI is InChI=1S/C11H22N2O2/c1-10(2,3)13-6-9(15)12-7-11(8-14)4-5-11/h13-14H,4-8H2,1-3H3,(H,12,15). The third-order valence-electron chi connectivity index (χ3n) is 2.73. The minimum absolute atomic E-state index is 0.00259. The molecule has 0 aromatic heterocycles. The minimum Gasteiger partial charge on any atom is -0.396 e. The molecule has 0 unspecified atom stereocenters. The number of aliphatic hydroxyl groups is 1. The summed E-state index contributed by atoms with van der Waals surface area (Å²) >= 11 is 0. The molecule has 3 N–H and O–H groups in total. The quantitative estimate of drug-likeness (QED) is 0.615. The maximum absolute atomic E-state index is 11.4. The van der Waals surface area contributed by atoms with E-state index in [1.807, 2.05) is 20.8 Å². The normalized spacial score (nSPS) is 18.7. The highest BCUT2D eigenvalue weighted by Gasteiger charge is 2.41. The monoisotopic (exact) mass is 214 g/mol. The lowest BCUT2D eigenvalue weighted by Crippen LogP contribution is -2.44. The molecule has 1 saturated carbocycles. The SMILES string of the molecule is CC(C)(C)NCC(=O)NCC1(CO)CC1. The van der Waals surface area contributed by atoms with E-state index >= 15 is 0 Å². The molecule has 88 valence electrons. The van der Waals surface area contributed by atoms with Crippen molar-refractivity contribution in [1.29, 1.82) is 0 Å². The summed E-state index contributed by atoms with van der Waals surface area (Å²) in [6.45, 7) is 7.20. The first-order valence-corrected chi connectivity index (χ1v) is 5.50. The van der Waals surface area contributed by atoms with Gasteiger partial charge in [-0.05, 0) is 33.6 Å². The van der Waals surface area contributed by atoms with Crippen molar-refractivity contribution in [3.63, 3.8) is 0 Å². The van der Waals surface area contributed by atoms with E-state index in [1.54, 1.807) is 0 Å². The molecule has 4 heteroatoms. The first-order valence-electron chi connectivity index (χ1n) is 5.50. The van der Waals surface area contributed by atoms with Crippen LogP contribution in [0.5, 0.6) is 0 Å². The lowest BCUT2D eigenvalue weighted by molar-refractivity contribution is -0.120. The third kappa shape index (κ3) is 4.62. The Kier molecular flexibility index (Phi) is 3.73. The molecule has 1 aliphatic carbocycles. The molecular formula is C11H22N2O2. The number of carbonyl (C=O) groups excluding carboxylic acids is 1. The Hall–Kier alpha value is -0.610. The summed E-state index contributed by atoms with van der Waals surface area (Å²) in [6.07, 6.45) is 2.05. The Morgan fingerprint density at radius 3 is 2.40 bits per heavy atom. The lowest BCUT2D eigenvalue weighted by Gasteiger charge is -2.20. The number of nitrogens with one attached hydrogen (secondary N) is 2. The summed E-state index contributed by atoms with van der Waals surface area (Å²) in [4.78, 5) is 11.4. The Labute approximate surface area is 91.4 Å². The fraction of sp³-hybridized carbons (Fsp3) is 0.909. The number of amides is 1. The number of hydrogen-bond donors (Lipinski definition) is 3. The molecular weight excluding hydrogens is 192 g/mol. The van der Waals surface area contributed by atoms with Crippen LogP contribution in [0.2, 0.25) is 0 Å². The molecule has 0 spiro atoms. The Morgan fingerprint density at radius 2 is 2.00 bits per heavy atom. The Bertz CT molecular complexity index is 229. The van der Waals surface area contributed by atoms with Gasteiger partial charge in [0.1, 0.15) is 0 Å². The van der Waals surface area contributed by atoms with Crippen LogP contribution in [0.15, 0.2) is 0 Å². The van der Waals surface area contributed by atoms with Gasteiger partial charge >= 0.3 is 0 Å². The molecule has 15 heavy (non-hydrogen) atoms. The second kappa shape index (κ2) is 4.49. The van der Waals surface area contributed by atoms with Crippen LogP contribution in [0.4, 0.5) is 0 Å². The zero-order valence-electron chi connectivity index (χ0n) is 9.89. The first-order chi connectivity index (χ1) is 6.87. The van der Waals surface area contributed by atoms with Gasteiger partial charge in [-0.1, -0.05) is 0 Å². The summed E-state index contributed by atoms with van der Waals surface area (Å²) in [5.41, 5.74) is -0.0387. The number of aliphatic hydroxyl groups excluding tert-OH is 1. The molecule has 0 atom stereocenters. The molecule has 0 bridgehead atoms. The van der Waals surface area contributed by atoms with Crippen molar-refractivity contribution >= 4 is 5.91 Å². The van der Waals surface area contributed by atoms with E-state index in [0.29, 0.717) is 13.1 Å². The maximum Gasteiger partial charge on any atom is 0.233 e. The second-order valence-corrected chi connectivity index (χ2v) is 5.54. The van der Waals surface area contributed by atoms with Crippen LogP contribution in [0.3, 0.4) is 0 Å². The summed E-state index contributed by atoms with van der Waals surface area (Å²) in [7, 11) is 0. The molecule has 0 heterocycles. The summed E-state index contributed by atoms with van der Waals surface area (Å²) in [6, 6.07) is 0. The zero-order chi connectivity index (χ0) is 11.5. The van der Waals surface area contributed by atoms with E-state index in [1.165, 1.54) is 0 Å². The number of rotatable bonds is 5. The summed E-state index contributed by atoms with van der Waals surface area (Å²) < 4.78 is 0. The largest absolute Gasteiger partial charge is 0.396 e. The predicted molar refractivity (Wildman–Crippen MR) is 59.5 cm³/mol. The summed E-state index contributed by atoms with van der Waals surface area (Å²) in [5, 5.41) is 15.0. The molecule has 4 nitrogen and oxygen atoms in total. The first kappa shape index (κ1) is 12.5. The molecule has 0 aliphatic heterocycles. The van der Waals surface area contributed by atoms with Crippen molar-refractivity contribution in [3.05, 3.63) is 0 Å². The minimum atomic E-state index is -0.0361. The van der Waals surface area contributed by atoms with Crippen molar-refractivity contribution in [2.24, 2.45) is 5.41 Å². The van der Waals surface area contributed by atoms with Gasteiger partial charge in [-0.25, -0.2) is 0 Å². The van der Waals surface area contributed by atoms with Gasteiger partial charge in [0.2, 0.25) is 5.91 Å². The topological polar surface area (TPSA) is 61.4 Å². The molecule has 1 rings (SSSR count). The van der Waals surface area contributed by atoms with Crippen molar-refractivity contribution in [2.45, 2.75) is 39.2 Å². The molecule has 0 aromatic carbocycles. The molecule has 1 aliphatic rings. The van der Waals surface area contributed by atoms with E-state index in [0.717, 1.165) is 12.8 Å². The van der Waals surface area contributed by atoms with Gasteiger partial charge in [-0.3, -0.25) is 4.79 Å². The number of carbonyl (C=O) groups is 1. The highest BCUT2D eigenvalue weighted by atomic mass is 16.3. The van der Waals surface area contributed by atoms with Crippen LogP contribution in [0, 0.1) is 5.41 Å². The van der Waals surface area contributed by atoms with E-state index in [2.05, 4.69) is 10.6 Å². The second-order valence-electron chi connectivity index (χ2n) is 5.54. The predicted octanol–water partition coefficient (Wildman–Crippen LogP) is 0.263. The van der Waals surface area contributed by atoms with Crippen LogP contribution < -0.4 is 10.6 Å². The van der Waals surface area contributed by atoms with Gasteiger partial charge < -0.3 is 15.7 Å². The van der Waals surface area contributed by atoms with Gasteiger partial charge in [0, 0.05) is 17.5 Å². The fourth-order valence-electron chi connectivity index (χ4n) is 1.26. The van der Waals surface area contributed by atoms with Crippen molar-refractivity contribution < 1.29 is 9.90 Å². The van der Waals surface area contributed by atoms with Crippen molar-refractivity contribution in [3.8, 4) is 0 Å². The van der Waals surface area contributed by atoms with Crippen LogP contribution in [-0.2, 0) is 4.79 Å². The average molecular weight is 214 g/mol. The summed E-state index contributed by atoms with van der Waals surface area (Å²) in [5.74, 6) is 0.00431. The van der Waals surface area contributed by atoms with E-state index in [-0.39, 0.29) is 23.5 Å². The number of hydrogen-bond acceptors (Lipinski definition) is 3. The van der Waals surface area contributed by atoms with E-state index < -0.39 is 0 Å². The molecule has 1 fully saturated rings. The van der Waals surface area contributed by atoms with E-state index in [4.69, 9.17) is 5.11 Å². The average Bonchev–Trinajstić information content (AvgIpc) is 2.91. The van der Waals surface area contributed by atoms with E-state index in [9.17, 15) is 4.79 Å². The Balaban J connectivity index is 2.14. The van der Waals surface area contributed by atoms with Crippen LogP contribution >= 0.6 is 0 Å². The van der Waals surface area contributed by atoms with Gasteiger partial charge in [0.15, 0.2) is 0 Å². The highest BCUT2D eigenvalue weighted by Crippen LogP contribution is 2.44. The highest BCUT2D eigenvalue weighted by molar-refractivity contribution is 5.78. The smallest absolute Gasteiger partial charge is 0.233 e. The molecule has 1 amide bonds. The van der Waals surface area contributed by atoms with Crippen molar-refractivity contribution in [1.82, 2.24) is 10.6 Å².